The van der Waals surface area contributed by atoms with E-state index < -0.39 is 0 Å². The zero-order valence-corrected chi connectivity index (χ0v) is 11.0. The Morgan fingerprint density at radius 2 is 2.22 bits per heavy atom. The molecule has 0 saturated carbocycles. The van der Waals surface area contributed by atoms with Gasteiger partial charge in [0.1, 0.15) is 0 Å². The minimum atomic E-state index is -0.0367. The van der Waals surface area contributed by atoms with Crippen molar-refractivity contribution in [3.05, 3.63) is 35.9 Å². The maximum absolute atomic E-state index is 9.22. The van der Waals surface area contributed by atoms with Gasteiger partial charge in [-0.3, -0.25) is 0 Å². The summed E-state index contributed by atoms with van der Waals surface area (Å²) in [6.45, 7) is 4.15. The largest absolute Gasteiger partial charge is 0.315 e. The molecule has 3 heteroatoms. The normalized spacial score (nSPS) is 21.7. The van der Waals surface area contributed by atoms with Gasteiger partial charge in [0.2, 0.25) is 0 Å². The van der Waals surface area contributed by atoms with Crippen molar-refractivity contribution in [1.82, 2.24) is 10.2 Å². The van der Waals surface area contributed by atoms with E-state index >= 15 is 0 Å². The van der Waals surface area contributed by atoms with Crippen LogP contribution in [0.5, 0.6) is 0 Å². The van der Waals surface area contributed by atoms with Crippen LogP contribution in [-0.4, -0.2) is 38.1 Å². The average molecular weight is 243 g/mol. The molecule has 1 aromatic carbocycles. The van der Waals surface area contributed by atoms with Crippen LogP contribution >= 0.6 is 0 Å². The highest BCUT2D eigenvalue weighted by atomic mass is 15.1. The molecule has 1 saturated heterocycles. The first-order valence-electron chi connectivity index (χ1n) is 6.63. The van der Waals surface area contributed by atoms with Gasteiger partial charge >= 0.3 is 0 Å². The van der Waals surface area contributed by atoms with Crippen molar-refractivity contribution >= 4 is 0 Å². The molecule has 0 amide bonds. The molecule has 0 spiro atoms. The number of benzene rings is 1. The van der Waals surface area contributed by atoms with Crippen LogP contribution in [0.4, 0.5) is 0 Å². The fourth-order valence-electron chi connectivity index (χ4n) is 2.55. The highest BCUT2D eigenvalue weighted by molar-refractivity contribution is 5.24. The lowest BCUT2D eigenvalue weighted by Crippen LogP contribution is -2.28. The second-order valence-electron chi connectivity index (χ2n) is 5.17. The zero-order chi connectivity index (χ0) is 12.8. The van der Waals surface area contributed by atoms with Gasteiger partial charge in [-0.05, 0) is 38.0 Å². The Morgan fingerprint density at radius 1 is 1.44 bits per heavy atom. The van der Waals surface area contributed by atoms with Gasteiger partial charge in [-0.15, -0.1) is 0 Å². The van der Waals surface area contributed by atoms with E-state index in [0.717, 1.165) is 24.6 Å². The van der Waals surface area contributed by atoms with Gasteiger partial charge in [0.05, 0.1) is 12.0 Å². The quantitative estimate of drug-likeness (QED) is 0.857. The molecule has 1 N–H and O–H groups in total. The second kappa shape index (κ2) is 6.53. The van der Waals surface area contributed by atoms with Crippen LogP contribution in [0.15, 0.2) is 30.3 Å². The number of nitrogens with zero attached hydrogens (tertiary/aromatic N) is 2. The standard InChI is InChI=1S/C15H21N3/c1-18-8-7-13(12-18)10-17-11-15(9-16)14-5-3-2-4-6-14/h2-6,13,15,17H,7-8,10-12H2,1H3. The SMILES string of the molecule is CN1CCC(CNCC(C#N)c2ccccc2)C1. The van der Waals surface area contributed by atoms with Crippen molar-refractivity contribution < 1.29 is 0 Å². The van der Waals surface area contributed by atoms with E-state index in [9.17, 15) is 5.26 Å². The van der Waals surface area contributed by atoms with E-state index in [1.165, 1.54) is 19.5 Å². The van der Waals surface area contributed by atoms with Crippen molar-refractivity contribution in [2.75, 3.05) is 33.2 Å². The van der Waals surface area contributed by atoms with Crippen LogP contribution in [0, 0.1) is 17.2 Å². The highest BCUT2D eigenvalue weighted by Gasteiger charge is 2.19. The molecule has 1 aromatic rings. The summed E-state index contributed by atoms with van der Waals surface area (Å²) in [6, 6.07) is 12.4. The lowest BCUT2D eigenvalue weighted by molar-refractivity contribution is 0.388. The Balaban J connectivity index is 1.77. The first-order chi connectivity index (χ1) is 8.79. The number of hydrogen-bond acceptors (Lipinski definition) is 3. The number of nitrogens with one attached hydrogen (secondary N) is 1. The minimum absolute atomic E-state index is 0.0367. The average Bonchev–Trinajstić information content (AvgIpc) is 2.81. The van der Waals surface area contributed by atoms with E-state index in [1.54, 1.807) is 0 Å². The first kappa shape index (κ1) is 13.1. The van der Waals surface area contributed by atoms with Gasteiger partial charge < -0.3 is 10.2 Å². The lowest BCUT2D eigenvalue weighted by atomic mass is 10.0. The van der Waals surface area contributed by atoms with Crippen molar-refractivity contribution in [1.29, 1.82) is 5.26 Å². The molecule has 1 fully saturated rings. The van der Waals surface area contributed by atoms with Crippen LogP contribution in [0.1, 0.15) is 17.9 Å². The summed E-state index contributed by atoms with van der Waals surface area (Å²) in [6.07, 6.45) is 1.27. The van der Waals surface area contributed by atoms with E-state index in [1.807, 2.05) is 30.3 Å². The molecule has 0 bridgehead atoms. The molecule has 0 aromatic heterocycles. The van der Waals surface area contributed by atoms with Crippen molar-refractivity contribution in [3.8, 4) is 6.07 Å². The maximum atomic E-state index is 9.22. The van der Waals surface area contributed by atoms with E-state index in [-0.39, 0.29) is 5.92 Å². The van der Waals surface area contributed by atoms with Crippen molar-refractivity contribution in [2.45, 2.75) is 12.3 Å². The molecule has 2 atom stereocenters. The lowest BCUT2D eigenvalue weighted by Gasteiger charge is -2.14. The molecule has 0 radical (unpaired) electrons. The molecule has 2 unspecified atom stereocenters. The van der Waals surface area contributed by atoms with Gasteiger partial charge in [-0.2, -0.15) is 5.26 Å². The summed E-state index contributed by atoms with van der Waals surface area (Å²) in [5.74, 6) is 0.704. The monoisotopic (exact) mass is 243 g/mol. The molecule has 18 heavy (non-hydrogen) atoms. The van der Waals surface area contributed by atoms with E-state index in [4.69, 9.17) is 0 Å². The van der Waals surface area contributed by atoms with Crippen LogP contribution in [0.3, 0.4) is 0 Å². The highest BCUT2D eigenvalue weighted by Crippen LogP contribution is 2.15. The number of likely N-dealkylation sites (tertiary alicyclic amines) is 1. The molecular formula is C15H21N3. The summed E-state index contributed by atoms with van der Waals surface area (Å²) in [7, 11) is 2.17. The third kappa shape index (κ3) is 3.56. The Morgan fingerprint density at radius 3 is 2.83 bits per heavy atom. The molecule has 1 aliphatic heterocycles. The van der Waals surface area contributed by atoms with Gasteiger partial charge in [-0.25, -0.2) is 0 Å². The molecule has 96 valence electrons. The zero-order valence-electron chi connectivity index (χ0n) is 11.0. The Labute approximate surface area is 109 Å². The molecule has 0 aliphatic carbocycles. The number of hydrogen-bond donors (Lipinski definition) is 1. The molecular weight excluding hydrogens is 222 g/mol. The second-order valence-corrected chi connectivity index (χ2v) is 5.17. The van der Waals surface area contributed by atoms with Crippen molar-refractivity contribution in [3.63, 3.8) is 0 Å². The number of rotatable bonds is 5. The Kier molecular flexibility index (Phi) is 4.74. The predicted octanol–water partition coefficient (Wildman–Crippen LogP) is 1.84. The fraction of sp³-hybridized carbons (Fsp3) is 0.533. The molecule has 1 heterocycles. The third-order valence-corrected chi connectivity index (χ3v) is 3.63. The summed E-state index contributed by atoms with van der Waals surface area (Å²) >= 11 is 0. The van der Waals surface area contributed by atoms with Crippen LogP contribution in [0.25, 0.3) is 0 Å². The molecule has 3 nitrogen and oxygen atoms in total. The third-order valence-electron chi connectivity index (χ3n) is 3.63. The Bertz CT molecular complexity index is 396. The van der Waals surface area contributed by atoms with E-state index in [2.05, 4.69) is 23.3 Å². The van der Waals surface area contributed by atoms with Gasteiger partial charge in [0.25, 0.3) is 0 Å². The van der Waals surface area contributed by atoms with Crippen molar-refractivity contribution in [2.24, 2.45) is 5.92 Å². The number of nitriles is 1. The van der Waals surface area contributed by atoms with Crippen LogP contribution in [-0.2, 0) is 0 Å². The van der Waals surface area contributed by atoms with E-state index in [0.29, 0.717) is 0 Å². The summed E-state index contributed by atoms with van der Waals surface area (Å²) in [4.78, 5) is 2.37. The maximum Gasteiger partial charge on any atom is 0.0837 e. The van der Waals surface area contributed by atoms with Crippen LogP contribution < -0.4 is 5.32 Å². The summed E-state index contributed by atoms with van der Waals surface area (Å²) < 4.78 is 0. The fourth-order valence-corrected chi connectivity index (χ4v) is 2.55. The van der Waals surface area contributed by atoms with Gasteiger partial charge in [0, 0.05) is 13.1 Å². The van der Waals surface area contributed by atoms with Gasteiger partial charge in [-0.1, -0.05) is 30.3 Å². The molecule has 1 aliphatic rings. The molecule has 2 rings (SSSR count). The minimum Gasteiger partial charge on any atom is -0.315 e. The van der Waals surface area contributed by atoms with Crippen LogP contribution in [0.2, 0.25) is 0 Å². The summed E-state index contributed by atoms with van der Waals surface area (Å²) in [5, 5.41) is 12.7. The topological polar surface area (TPSA) is 39.1 Å². The summed E-state index contributed by atoms with van der Waals surface area (Å²) in [5.41, 5.74) is 1.11. The Hall–Kier alpha value is -1.37. The smallest absolute Gasteiger partial charge is 0.0837 e. The predicted molar refractivity (Wildman–Crippen MR) is 73.3 cm³/mol. The first-order valence-corrected chi connectivity index (χ1v) is 6.63. The van der Waals surface area contributed by atoms with Gasteiger partial charge in [0.15, 0.2) is 0 Å².